The molecule has 0 amide bonds. The van der Waals surface area contributed by atoms with Crippen LogP contribution in [0.1, 0.15) is 0 Å². The minimum absolute atomic E-state index is 0.247. The SMILES string of the molecule is Oc1ccc(-n2c3ccc(N(c4ccccc4)c4ccccc4)cc3c3cc(N(c4ccccc4)c4ccccc4)ccc32)cc1. The Bertz CT molecular complexity index is 2030. The molecule has 1 N–H and O–H groups in total. The van der Waals surface area contributed by atoms with E-state index in [0.717, 1.165) is 61.6 Å². The lowest BCUT2D eigenvalue weighted by molar-refractivity contribution is 0.475. The molecule has 0 radical (unpaired) electrons. The predicted octanol–water partition coefficient (Wildman–Crippen LogP) is 11.4. The molecule has 8 aromatic rings. The first-order valence-electron chi connectivity index (χ1n) is 15.4. The summed E-state index contributed by atoms with van der Waals surface area (Å²) in [5.74, 6) is 0.247. The topological polar surface area (TPSA) is 31.6 Å². The number of phenolic OH excluding ortho intramolecular Hbond substituents is 1. The first-order valence-corrected chi connectivity index (χ1v) is 15.4. The van der Waals surface area contributed by atoms with Gasteiger partial charge in [0.15, 0.2) is 0 Å². The van der Waals surface area contributed by atoms with Crippen LogP contribution in [0.5, 0.6) is 5.75 Å². The highest BCUT2D eigenvalue weighted by atomic mass is 16.3. The van der Waals surface area contributed by atoms with Crippen molar-refractivity contribution in [3.05, 3.63) is 182 Å². The van der Waals surface area contributed by atoms with E-state index >= 15 is 0 Å². The minimum Gasteiger partial charge on any atom is -0.508 e. The van der Waals surface area contributed by atoms with Gasteiger partial charge in [0.25, 0.3) is 0 Å². The normalized spacial score (nSPS) is 11.1. The maximum absolute atomic E-state index is 10.1. The Balaban J connectivity index is 1.39. The molecular formula is C42H31N3O. The van der Waals surface area contributed by atoms with Gasteiger partial charge in [0.2, 0.25) is 0 Å². The van der Waals surface area contributed by atoms with Crippen LogP contribution in [0.4, 0.5) is 34.1 Å². The summed E-state index contributed by atoms with van der Waals surface area (Å²) in [5, 5.41) is 12.4. The van der Waals surface area contributed by atoms with Gasteiger partial charge in [-0.3, -0.25) is 0 Å². The molecule has 0 aliphatic carbocycles. The van der Waals surface area contributed by atoms with Crippen molar-refractivity contribution in [3.63, 3.8) is 0 Å². The Morgan fingerprint density at radius 3 is 1.04 bits per heavy atom. The number of para-hydroxylation sites is 4. The number of benzene rings is 7. The molecule has 8 rings (SSSR count). The van der Waals surface area contributed by atoms with E-state index in [1.165, 1.54) is 0 Å². The van der Waals surface area contributed by atoms with E-state index in [4.69, 9.17) is 0 Å². The van der Waals surface area contributed by atoms with Crippen molar-refractivity contribution in [1.82, 2.24) is 4.57 Å². The minimum atomic E-state index is 0.247. The van der Waals surface area contributed by atoms with E-state index in [9.17, 15) is 5.11 Å². The number of hydrogen-bond acceptors (Lipinski definition) is 3. The molecule has 4 nitrogen and oxygen atoms in total. The zero-order valence-electron chi connectivity index (χ0n) is 25.1. The average molecular weight is 594 g/mol. The summed E-state index contributed by atoms with van der Waals surface area (Å²) in [6.45, 7) is 0. The summed E-state index contributed by atoms with van der Waals surface area (Å²) in [7, 11) is 0. The number of rotatable bonds is 7. The van der Waals surface area contributed by atoms with Crippen LogP contribution < -0.4 is 9.80 Å². The lowest BCUT2D eigenvalue weighted by Crippen LogP contribution is -2.09. The van der Waals surface area contributed by atoms with Crippen LogP contribution in [0.2, 0.25) is 0 Å². The van der Waals surface area contributed by atoms with Crippen LogP contribution in [-0.2, 0) is 0 Å². The standard InChI is InChI=1S/C42H31N3O/c46-38-25-21-35(22-26-38)45-41-27-23-36(43(31-13-5-1-6-14-31)32-15-7-2-8-16-32)29-39(41)40-30-37(24-28-42(40)45)44(33-17-9-3-10-18-33)34-19-11-4-12-20-34/h1-30,46H. The van der Waals surface area contributed by atoms with E-state index in [2.05, 4.69) is 148 Å². The van der Waals surface area contributed by atoms with Gasteiger partial charge < -0.3 is 19.5 Å². The van der Waals surface area contributed by atoms with Crippen LogP contribution in [0.25, 0.3) is 27.5 Å². The zero-order valence-corrected chi connectivity index (χ0v) is 25.1. The summed E-state index contributed by atoms with van der Waals surface area (Å²) in [6.07, 6.45) is 0. The highest BCUT2D eigenvalue weighted by Crippen LogP contribution is 2.42. The molecule has 0 saturated heterocycles. The van der Waals surface area contributed by atoms with Gasteiger partial charge in [-0.05, 0) is 109 Å². The van der Waals surface area contributed by atoms with Gasteiger partial charge in [0, 0.05) is 50.6 Å². The van der Waals surface area contributed by atoms with E-state index in [1.54, 1.807) is 12.1 Å². The molecule has 0 atom stereocenters. The molecule has 0 fully saturated rings. The number of nitrogens with zero attached hydrogens (tertiary/aromatic N) is 3. The zero-order chi connectivity index (χ0) is 30.9. The van der Waals surface area contributed by atoms with Crippen LogP contribution in [0.15, 0.2) is 182 Å². The molecule has 220 valence electrons. The van der Waals surface area contributed by atoms with Gasteiger partial charge in [-0.15, -0.1) is 0 Å². The smallest absolute Gasteiger partial charge is 0.115 e. The number of phenols is 1. The highest BCUT2D eigenvalue weighted by molar-refractivity contribution is 6.12. The van der Waals surface area contributed by atoms with E-state index in [1.807, 2.05) is 36.4 Å². The van der Waals surface area contributed by atoms with Crippen molar-refractivity contribution >= 4 is 55.9 Å². The molecule has 0 aliphatic rings. The predicted molar refractivity (Wildman–Crippen MR) is 192 cm³/mol. The van der Waals surface area contributed by atoms with Crippen molar-refractivity contribution in [1.29, 1.82) is 0 Å². The summed E-state index contributed by atoms with van der Waals surface area (Å²) in [6, 6.07) is 62.8. The molecule has 0 unspecified atom stereocenters. The molecule has 0 aliphatic heterocycles. The molecule has 46 heavy (non-hydrogen) atoms. The largest absolute Gasteiger partial charge is 0.508 e. The number of hydrogen-bond donors (Lipinski definition) is 1. The molecular weight excluding hydrogens is 562 g/mol. The van der Waals surface area contributed by atoms with E-state index < -0.39 is 0 Å². The molecule has 1 aromatic heterocycles. The van der Waals surface area contributed by atoms with Gasteiger partial charge in [-0.25, -0.2) is 0 Å². The second-order valence-corrected chi connectivity index (χ2v) is 11.3. The van der Waals surface area contributed by atoms with Gasteiger partial charge in [0.1, 0.15) is 5.75 Å². The maximum Gasteiger partial charge on any atom is 0.115 e. The second-order valence-electron chi connectivity index (χ2n) is 11.3. The fraction of sp³-hybridized carbons (Fsp3) is 0. The average Bonchev–Trinajstić information content (AvgIpc) is 3.44. The molecule has 1 heterocycles. The Labute approximate surface area is 268 Å². The Morgan fingerprint density at radius 1 is 0.348 bits per heavy atom. The van der Waals surface area contributed by atoms with Crippen LogP contribution in [0, 0.1) is 0 Å². The van der Waals surface area contributed by atoms with E-state index in [0.29, 0.717) is 0 Å². The Kier molecular flexibility index (Phi) is 6.93. The molecule has 4 heteroatoms. The second kappa shape index (κ2) is 11.7. The molecule has 0 saturated carbocycles. The fourth-order valence-electron chi connectivity index (χ4n) is 6.36. The van der Waals surface area contributed by atoms with Crippen molar-refractivity contribution < 1.29 is 5.11 Å². The van der Waals surface area contributed by atoms with Crippen molar-refractivity contribution in [2.45, 2.75) is 0 Å². The first-order chi connectivity index (χ1) is 22.7. The number of anilines is 6. The Hall–Kier alpha value is -6.26. The Morgan fingerprint density at radius 2 is 0.696 bits per heavy atom. The highest BCUT2D eigenvalue weighted by Gasteiger charge is 2.19. The summed E-state index contributed by atoms with van der Waals surface area (Å²) < 4.78 is 2.28. The lowest BCUT2D eigenvalue weighted by Gasteiger charge is -2.26. The van der Waals surface area contributed by atoms with Gasteiger partial charge in [0.05, 0.1) is 11.0 Å². The summed E-state index contributed by atoms with van der Waals surface area (Å²) >= 11 is 0. The number of aromatic nitrogens is 1. The monoisotopic (exact) mass is 593 g/mol. The fourth-order valence-corrected chi connectivity index (χ4v) is 6.36. The maximum atomic E-state index is 10.1. The summed E-state index contributed by atoms with van der Waals surface area (Å²) in [4.78, 5) is 4.60. The van der Waals surface area contributed by atoms with Crippen molar-refractivity contribution in [3.8, 4) is 11.4 Å². The lowest BCUT2D eigenvalue weighted by atomic mass is 10.1. The van der Waals surface area contributed by atoms with Crippen LogP contribution >= 0.6 is 0 Å². The van der Waals surface area contributed by atoms with Crippen molar-refractivity contribution in [2.24, 2.45) is 0 Å². The number of aromatic hydroxyl groups is 1. The number of fused-ring (bicyclic) bond motifs is 3. The van der Waals surface area contributed by atoms with Gasteiger partial charge >= 0.3 is 0 Å². The third kappa shape index (κ3) is 4.92. The third-order valence-corrected chi connectivity index (χ3v) is 8.41. The summed E-state index contributed by atoms with van der Waals surface area (Å²) in [5.41, 5.74) is 9.69. The van der Waals surface area contributed by atoms with E-state index in [-0.39, 0.29) is 5.75 Å². The quantitative estimate of drug-likeness (QED) is 0.199. The molecule has 7 aromatic carbocycles. The van der Waals surface area contributed by atoms with Crippen molar-refractivity contribution in [2.75, 3.05) is 9.80 Å². The molecule has 0 bridgehead atoms. The molecule has 0 spiro atoms. The van der Waals surface area contributed by atoms with Crippen LogP contribution in [-0.4, -0.2) is 9.67 Å². The van der Waals surface area contributed by atoms with Crippen LogP contribution in [0.3, 0.4) is 0 Å². The van der Waals surface area contributed by atoms with Gasteiger partial charge in [-0.1, -0.05) is 72.8 Å². The first kappa shape index (κ1) is 27.3. The van der Waals surface area contributed by atoms with Gasteiger partial charge in [-0.2, -0.15) is 0 Å². The third-order valence-electron chi connectivity index (χ3n) is 8.41.